The van der Waals surface area contributed by atoms with Crippen LogP contribution in [0.4, 0.5) is 13.2 Å². The highest BCUT2D eigenvalue weighted by molar-refractivity contribution is 8.02. The summed E-state index contributed by atoms with van der Waals surface area (Å²) < 4.78 is 90.5. The first-order valence-electron chi connectivity index (χ1n) is 13.8. The SMILES string of the molecule is COc1ccc(F)cc1S(=O)(=O)N1CCSC1C(=O)OC(Cc1c(Cl)c[n+]([O-])cc1Cl)c1ccc(OC(F)F)c(OCC2CC2)c1. The number of carbonyl (C=O) groups is 1. The van der Waals surface area contributed by atoms with E-state index in [9.17, 15) is 31.6 Å². The monoisotopic (exact) mass is 722 g/mol. The van der Waals surface area contributed by atoms with E-state index in [2.05, 4.69) is 4.74 Å². The maximum Gasteiger partial charge on any atom is 0.387 e. The van der Waals surface area contributed by atoms with E-state index < -0.39 is 44.8 Å². The Bertz CT molecular complexity index is 1690. The topological polar surface area (TPSA) is 118 Å². The van der Waals surface area contributed by atoms with Crippen LogP contribution in [0, 0.1) is 16.9 Å². The van der Waals surface area contributed by atoms with Crippen molar-refractivity contribution < 1.29 is 50.1 Å². The summed E-state index contributed by atoms with van der Waals surface area (Å²) in [6, 6.07) is 7.01. The summed E-state index contributed by atoms with van der Waals surface area (Å²) in [7, 11) is -3.22. The predicted molar refractivity (Wildman–Crippen MR) is 162 cm³/mol. The first-order valence-corrected chi connectivity index (χ1v) is 17.1. The van der Waals surface area contributed by atoms with Gasteiger partial charge in [0, 0.05) is 24.3 Å². The number of aromatic nitrogens is 1. The number of benzene rings is 2. The van der Waals surface area contributed by atoms with Gasteiger partial charge >= 0.3 is 12.6 Å². The number of alkyl halides is 2. The molecule has 46 heavy (non-hydrogen) atoms. The van der Waals surface area contributed by atoms with Gasteiger partial charge in [-0.1, -0.05) is 29.3 Å². The molecular formula is C29H27Cl2F3N2O8S2. The molecule has 2 heterocycles. The summed E-state index contributed by atoms with van der Waals surface area (Å²) in [5.74, 6) is -1.67. The van der Waals surface area contributed by atoms with Gasteiger partial charge in [-0.3, -0.25) is 0 Å². The molecule has 1 aliphatic carbocycles. The molecule has 1 saturated carbocycles. The maximum atomic E-state index is 14.1. The summed E-state index contributed by atoms with van der Waals surface area (Å²) in [5.41, 5.74) is 0.491. The zero-order valence-corrected chi connectivity index (χ0v) is 27.2. The van der Waals surface area contributed by atoms with Crippen LogP contribution in [0.25, 0.3) is 0 Å². The zero-order valence-electron chi connectivity index (χ0n) is 24.0. The quantitative estimate of drug-likeness (QED) is 0.123. The Labute approximate surface area is 276 Å². The number of hydrogen-bond donors (Lipinski definition) is 0. The number of sulfonamides is 1. The van der Waals surface area contributed by atoms with Crippen LogP contribution in [0.3, 0.4) is 0 Å². The van der Waals surface area contributed by atoms with Crippen molar-refractivity contribution in [3.63, 3.8) is 0 Å². The van der Waals surface area contributed by atoms with Gasteiger partial charge in [-0.2, -0.15) is 17.8 Å². The highest BCUT2D eigenvalue weighted by atomic mass is 35.5. The van der Waals surface area contributed by atoms with Gasteiger partial charge < -0.3 is 24.2 Å². The van der Waals surface area contributed by atoms with E-state index in [4.69, 9.17) is 37.4 Å². The van der Waals surface area contributed by atoms with Crippen LogP contribution in [0.5, 0.6) is 17.2 Å². The van der Waals surface area contributed by atoms with Crippen LogP contribution < -0.4 is 18.9 Å². The predicted octanol–water partition coefficient (Wildman–Crippen LogP) is 5.76. The molecule has 5 rings (SSSR count). The fraction of sp³-hybridized carbons (Fsp3) is 0.379. The Morgan fingerprint density at radius 3 is 2.46 bits per heavy atom. The second-order valence-electron chi connectivity index (χ2n) is 10.4. The smallest absolute Gasteiger partial charge is 0.387 e. The Hall–Kier alpha value is -3.11. The number of nitrogens with zero attached hydrogens (tertiary/aromatic N) is 2. The fourth-order valence-electron chi connectivity index (χ4n) is 4.73. The number of halogens is 5. The summed E-state index contributed by atoms with van der Waals surface area (Å²) in [6.07, 6.45) is 2.55. The van der Waals surface area contributed by atoms with Crippen LogP contribution in [0.15, 0.2) is 53.7 Å². The molecule has 1 saturated heterocycles. The minimum absolute atomic E-state index is 0.0222. The summed E-state index contributed by atoms with van der Waals surface area (Å²) in [4.78, 5) is 13.3. The van der Waals surface area contributed by atoms with E-state index in [1.165, 1.54) is 25.3 Å². The molecule has 2 aliphatic rings. The lowest BCUT2D eigenvalue weighted by Gasteiger charge is -2.26. The van der Waals surface area contributed by atoms with Gasteiger partial charge in [-0.15, -0.1) is 11.8 Å². The molecule has 0 bridgehead atoms. The molecule has 2 unspecified atom stereocenters. The van der Waals surface area contributed by atoms with Gasteiger partial charge in [-0.25, -0.2) is 17.6 Å². The number of hydrogen-bond acceptors (Lipinski definition) is 9. The molecule has 0 spiro atoms. The highest BCUT2D eigenvalue weighted by Gasteiger charge is 2.43. The van der Waals surface area contributed by atoms with Crippen molar-refractivity contribution >= 4 is 51.0 Å². The third kappa shape index (κ3) is 7.88. The first-order chi connectivity index (χ1) is 21.9. The second-order valence-corrected chi connectivity index (χ2v) is 14.3. The van der Waals surface area contributed by atoms with Crippen molar-refractivity contribution in [2.75, 3.05) is 26.0 Å². The standard InChI is InChI=1S/C29H27Cl2F3N2O8S2/c1-41-23-7-5-18(32)11-26(23)46(39,40)36-8-9-45-27(36)28(37)43-24(12-19-20(30)13-35(38)14-21(19)31)17-4-6-22(44-29(33)34)25(10-17)42-15-16-2-3-16/h4-7,10-11,13-14,16,24,27,29H,2-3,8-9,12,15H2,1H3. The molecule has 2 atom stereocenters. The third-order valence-corrected chi connectivity index (χ3v) is 11.0. The van der Waals surface area contributed by atoms with E-state index in [1.807, 2.05) is 0 Å². The summed E-state index contributed by atoms with van der Waals surface area (Å²) in [5, 5.41) is 10.4. The third-order valence-electron chi connectivity index (χ3n) is 7.20. The highest BCUT2D eigenvalue weighted by Crippen LogP contribution is 2.40. The second kappa shape index (κ2) is 14.3. The molecule has 1 aromatic heterocycles. The first kappa shape index (κ1) is 34.2. The van der Waals surface area contributed by atoms with E-state index in [0.29, 0.717) is 4.73 Å². The van der Waals surface area contributed by atoms with Crippen molar-refractivity contribution in [1.82, 2.24) is 4.31 Å². The van der Waals surface area contributed by atoms with Crippen molar-refractivity contribution in [1.29, 1.82) is 0 Å². The van der Waals surface area contributed by atoms with E-state index in [-0.39, 0.29) is 69.7 Å². The number of thioether (sulfide) groups is 1. The molecule has 17 heteroatoms. The van der Waals surface area contributed by atoms with E-state index >= 15 is 0 Å². The number of ether oxygens (including phenoxy) is 4. The molecule has 2 aromatic carbocycles. The van der Waals surface area contributed by atoms with Gasteiger partial charge in [0.1, 0.15) is 32.6 Å². The summed E-state index contributed by atoms with van der Waals surface area (Å²) >= 11 is 13.6. The van der Waals surface area contributed by atoms with Crippen molar-refractivity contribution in [3.8, 4) is 17.2 Å². The van der Waals surface area contributed by atoms with Crippen LogP contribution >= 0.6 is 35.0 Å². The number of esters is 1. The minimum Gasteiger partial charge on any atom is -0.619 e. The average molecular weight is 724 g/mol. The van der Waals surface area contributed by atoms with Crippen molar-refractivity contribution in [2.24, 2.45) is 5.92 Å². The Morgan fingerprint density at radius 1 is 1.11 bits per heavy atom. The van der Waals surface area contributed by atoms with Crippen LogP contribution in [-0.2, 0) is 26.0 Å². The zero-order chi connectivity index (χ0) is 33.2. The molecule has 1 aliphatic heterocycles. The normalized spacial score (nSPS) is 17.6. The fourth-order valence-corrected chi connectivity index (χ4v) is 8.54. The van der Waals surface area contributed by atoms with Gasteiger partial charge in [0.05, 0.1) is 13.7 Å². The van der Waals surface area contributed by atoms with E-state index in [1.54, 1.807) is 0 Å². The molecule has 0 radical (unpaired) electrons. The van der Waals surface area contributed by atoms with E-state index in [0.717, 1.165) is 59.5 Å². The van der Waals surface area contributed by atoms with Gasteiger partial charge in [-0.05, 0) is 54.7 Å². The molecular weight excluding hydrogens is 696 g/mol. The largest absolute Gasteiger partial charge is 0.619 e. The van der Waals surface area contributed by atoms with Crippen molar-refractivity contribution in [3.05, 3.63) is 81.0 Å². The molecule has 0 N–H and O–H groups in total. The van der Waals surface area contributed by atoms with Gasteiger partial charge in [0.25, 0.3) is 0 Å². The number of carbonyl (C=O) groups excluding carboxylic acids is 1. The van der Waals surface area contributed by atoms with Crippen LogP contribution in [0.2, 0.25) is 10.0 Å². The minimum atomic E-state index is -4.45. The number of rotatable bonds is 13. The molecule has 10 nitrogen and oxygen atoms in total. The Morgan fingerprint density at radius 2 is 1.80 bits per heavy atom. The lowest BCUT2D eigenvalue weighted by Crippen LogP contribution is -2.41. The summed E-state index contributed by atoms with van der Waals surface area (Å²) in [6.45, 7) is -2.97. The molecule has 0 amide bonds. The maximum absolute atomic E-state index is 14.1. The Balaban J connectivity index is 1.49. The Kier molecular flexibility index (Phi) is 10.7. The van der Waals surface area contributed by atoms with Crippen LogP contribution in [-0.4, -0.2) is 56.7 Å². The molecule has 248 valence electrons. The van der Waals surface area contributed by atoms with Crippen LogP contribution in [0.1, 0.15) is 30.1 Å². The molecule has 3 aromatic rings. The molecule has 2 fully saturated rings. The van der Waals surface area contributed by atoms with Gasteiger partial charge in [0.15, 0.2) is 29.3 Å². The number of methoxy groups -OCH3 is 1. The average Bonchev–Trinajstić information content (AvgIpc) is 3.69. The lowest BCUT2D eigenvalue weighted by molar-refractivity contribution is -0.605. The lowest BCUT2D eigenvalue weighted by atomic mass is 10.0. The number of pyridine rings is 1. The van der Waals surface area contributed by atoms with Crippen molar-refractivity contribution in [2.45, 2.75) is 42.2 Å². The van der Waals surface area contributed by atoms with Gasteiger partial charge in [0.2, 0.25) is 10.0 Å².